The highest BCUT2D eigenvalue weighted by Crippen LogP contribution is 2.47. The van der Waals surface area contributed by atoms with Crippen LogP contribution >= 0.6 is 0 Å². The first kappa shape index (κ1) is 41.3. The summed E-state index contributed by atoms with van der Waals surface area (Å²) in [6, 6.07) is 14.5. The van der Waals surface area contributed by atoms with E-state index in [1.807, 2.05) is 0 Å². The molecule has 1 aliphatic heterocycles. The Hall–Kier alpha value is -2.09. The van der Waals surface area contributed by atoms with Crippen molar-refractivity contribution in [1.82, 2.24) is 0 Å². The van der Waals surface area contributed by atoms with Gasteiger partial charge in [0.15, 0.2) is 0 Å². The van der Waals surface area contributed by atoms with Crippen molar-refractivity contribution in [3.63, 3.8) is 0 Å². The van der Waals surface area contributed by atoms with E-state index in [0.717, 1.165) is 13.1 Å². The maximum absolute atomic E-state index is 2.67. The van der Waals surface area contributed by atoms with Crippen LogP contribution in [0.25, 0.3) is 0 Å². The second-order valence-electron chi connectivity index (χ2n) is 20.2. The minimum Gasteiger partial charge on any atom is -0.229 e. The fourth-order valence-electron chi connectivity index (χ4n) is 7.87. The third-order valence-corrected chi connectivity index (χ3v) is 11.8. The molecule has 2 nitrogen and oxygen atoms in total. The van der Waals surface area contributed by atoms with Gasteiger partial charge in [0, 0.05) is 22.3 Å². The van der Waals surface area contributed by atoms with Crippen LogP contribution in [0.4, 0.5) is 11.4 Å². The molecule has 0 amide bonds. The normalized spacial score (nSPS) is 15.0. The average molecular weight is 672 g/mol. The van der Waals surface area contributed by atoms with E-state index in [9.17, 15) is 0 Å². The van der Waals surface area contributed by atoms with E-state index >= 15 is 0 Å². The van der Waals surface area contributed by atoms with E-state index in [0.29, 0.717) is 23.7 Å². The van der Waals surface area contributed by atoms with Crippen LogP contribution in [-0.4, -0.2) is 24.0 Å². The van der Waals surface area contributed by atoms with Gasteiger partial charge in [0.1, 0.15) is 24.5 Å². The van der Waals surface area contributed by atoms with Gasteiger partial charge in [-0.2, -0.15) is 0 Å². The Bertz CT molecular complexity index is 1300. The fraction of sp³-hybridized carbons (Fsp3) is 0.723. The van der Waals surface area contributed by atoms with Crippen LogP contribution in [-0.2, 0) is 21.7 Å². The van der Waals surface area contributed by atoms with Crippen LogP contribution in [0.5, 0.6) is 0 Å². The van der Waals surface area contributed by atoms with Crippen LogP contribution in [0.2, 0.25) is 0 Å². The van der Waals surface area contributed by atoms with Crippen LogP contribution in [0.15, 0.2) is 36.4 Å². The van der Waals surface area contributed by atoms with E-state index in [1.54, 1.807) is 0 Å². The molecule has 2 heteroatoms. The third kappa shape index (κ3) is 10.7. The number of hydrogen-bond donors (Lipinski definition) is 0. The summed E-state index contributed by atoms with van der Waals surface area (Å²) in [4.78, 5) is 2.67. The molecule has 0 aromatic heterocycles. The molecule has 3 rings (SSSR count). The summed E-state index contributed by atoms with van der Waals surface area (Å²) in [6.45, 7) is 40.9. The molecule has 2 aromatic carbocycles. The fourth-order valence-corrected chi connectivity index (χ4v) is 7.87. The number of nitrogens with zero attached hydrogens (tertiary/aromatic N) is 2. The molecule has 0 fully saturated rings. The Labute approximate surface area is 305 Å². The van der Waals surface area contributed by atoms with Crippen molar-refractivity contribution in [3.05, 3.63) is 58.7 Å². The second-order valence-corrected chi connectivity index (χ2v) is 20.2. The summed E-state index contributed by atoms with van der Waals surface area (Å²) >= 11 is 0. The zero-order valence-electron chi connectivity index (χ0n) is 35.3. The van der Waals surface area contributed by atoms with Gasteiger partial charge >= 0.3 is 0 Å². The lowest BCUT2D eigenvalue weighted by Gasteiger charge is -2.34. The van der Waals surface area contributed by atoms with Crippen molar-refractivity contribution in [2.45, 2.75) is 184 Å². The van der Waals surface area contributed by atoms with Gasteiger partial charge in [0.05, 0.1) is 0 Å². The van der Waals surface area contributed by atoms with Crippen LogP contribution in [0.1, 0.15) is 184 Å². The van der Waals surface area contributed by atoms with Gasteiger partial charge < -0.3 is 0 Å². The molecule has 0 spiro atoms. The molecule has 0 bridgehead atoms. The molecule has 0 aliphatic carbocycles. The smallest absolute Gasteiger partial charge is 0.229 e. The maximum atomic E-state index is 2.67. The highest BCUT2D eigenvalue weighted by Gasteiger charge is 2.40. The minimum atomic E-state index is 0.0890. The molecule has 2 aromatic rings. The van der Waals surface area contributed by atoms with Crippen molar-refractivity contribution in [2.24, 2.45) is 23.7 Å². The Morgan fingerprint density at radius 2 is 0.816 bits per heavy atom. The van der Waals surface area contributed by atoms with Crippen molar-refractivity contribution in [1.29, 1.82) is 0 Å². The van der Waals surface area contributed by atoms with Crippen LogP contribution in [0.3, 0.4) is 0 Å². The summed E-state index contributed by atoms with van der Waals surface area (Å²) in [5.41, 5.74) is 9.38. The number of benzene rings is 2. The summed E-state index contributed by atoms with van der Waals surface area (Å²) in [5, 5.41) is 0. The predicted molar refractivity (Wildman–Crippen MR) is 219 cm³/mol. The van der Waals surface area contributed by atoms with Crippen LogP contribution in [0, 0.1) is 23.7 Å². The zero-order valence-corrected chi connectivity index (χ0v) is 35.3. The van der Waals surface area contributed by atoms with E-state index in [-0.39, 0.29) is 21.7 Å². The van der Waals surface area contributed by atoms with Crippen molar-refractivity contribution in [2.75, 3.05) is 18.0 Å². The second kappa shape index (κ2) is 16.5. The lowest BCUT2D eigenvalue weighted by atomic mass is 9.72. The molecule has 276 valence electrons. The van der Waals surface area contributed by atoms with Crippen LogP contribution < -0.4 is 4.90 Å². The lowest BCUT2D eigenvalue weighted by molar-refractivity contribution is -0.426. The quantitative estimate of drug-likeness (QED) is 0.143. The standard InChI is InChI=1S/C47H79N2/c1-34(2)23-27-44(9,10)38-19-17-20-39(45(11,12)28-24-35(3)4)42(38)48-31-32-49(33-48)43-40(46(13,14)29-25-36(5)6)21-18-22-41(43)47(15,16)30-26-37(7)8/h17-22,33-37H,23-32H2,1-16H3/q+1. The Morgan fingerprint density at radius 1 is 0.510 bits per heavy atom. The SMILES string of the molecule is CC(C)CCC(C)(C)c1cccc(C(C)(C)CCC(C)C)c1N1C=[N+](c2c(C(C)(C)CCC(C)C)cccc2C(C)(C)CCC(C)C)CC1. The molecular formula is C47H79N2+. The Morgan fingerprint density at radius 3 is 1.14 bits per heavy atom. The molecular weight excluding hydrogens is 593 g/mol. The highest BCUT2D eigenvalue weighted by atomic mass is 15.3. The summed E-state index contributed by atoms with van der Waals surface area (Å²) in [7, 11) is 0. The van der Waals surface area contributed by atoms with Gasteiger partial charge in [-0.3, -0.25) is 0 Å². The number of rotatable bonds is 18. The van der Waals surface area contributed by atoms with Gasteiger partial charge in [0.25, 0.3) is 0 Å². The van der Waals surface area contributed by atoms with Gasteiger partial charge in [-0.1, -0.05) is 173 Å². The van der Waals surface area contributed by atoms with E-state index in [2.05, 4.69) is 163 Å². The first-order valence-corrected chi connectivity index (χ1v) is 20.3. The molecule has 0 saturated heterocycles. The molecule has 0 atom stereocenters. The van der Waals surface area contributed by atoms with E-state index < -0.39 is 0 Å². The first-order chi connectivity index (χ1) is 22.6. The summed E-state index contributed by atoms with van der Waals surface area (Å²) in [5.74, 6) is 2.82. The predicted octanol–water partition coefficient (Wildman–Crippen LogP) is 13.7. The number of anilines is 1. The summed E-state index contributed by atoms with van der Waals surface area (Å²) in [6.07, 6.45) is 12.3. The highest BCUT2D eigenvalue weighted by molar-refractivity contribution is 5.83. The molecule has 1 heterocycles. The maximum Gasteiger partial charge on any atom is 0.244 e. The number of para-hydroxylation sites is 2. The molecule has 0 unspecified atom stereocenters. The topological polar surface area (TPSA) is 6.25 Å². The van der Waals surface area contributed by atoms with Gasteiger partial charge in [-0.05, 0) is 71.0 Å². The molecule has 0 saturated carbocycles. The van der Waals surface area contributed by atoms with E-state index in [1.165, 1.54) is 85.0 Å². The lowest BCUT2D eigenvalue weighted by Crippen LogP contribution is -2.30. The van der Waals surface area contributed by atoms with Crippen molar-refractivity contribution < 1.29 is 4.58 Å². The molecule has 49 heavy (non-hydrogen) atoms. The largest absolute Gasteiger partial charge is 0.244 e. The van der Waals surface area contributed by atoms with Gasteiger partial charge in [0.2, 0.25) is 6.34 Å². The van der Waals surface area contributed by atoms with Gasteiger partial charge in [-0.15, -0.1) is 0 Å². The van der Waals surface area contributed by atoms with Crippen molar-refractivity contribution in [3.8, 4) is 0 Å². The van der Waals surface area contributed by atoms with Crippen molar-refractivity contribution >= 4 is 17.7 Å². The molecule has 1 aliphatic rings. The molecule has 0 N–H and O–H groups in total. The zero-order chi connectivity index (χ0) is 36.9. The van der Waals surface area contributed by atoms with E-state index in [4.69, 9.17) is 0 Å². The average Bonchev–Trinajstić information content (AvgIpc) is 3.50. The monoisotopic (exact) mass is 672 g/mol. The summed E-state index contributed by atoms with van der Waals surface area (Å²) < 4.78 is 2.67. The minimum absolute atomic E-state index is 0.0890. The Balaban J connectivity index is 2.30. The van der Waals surface area contributed by atoms with Gasteiger partial charge in [-0.25, -0.2) is 9.48 Å². The first-order valence-electron chi connectivity index (χ1n) is 20.3. The molecule has 0 radical (unpaired) electrons. The third-order valence-electron chi connectivity index (χ3n) is 11.8. The Kier molecular flexibility index (Phi) is 13.9. The number of hydrogen-bond acceptors (Lipinski definition) is 1.